The van der Waals surface area contributed by atoms with Gasteiger partial charge in [-0.25, -0.2) is 4.39 Å². The smallest absolute Gasteiger partial charge is 0.235 e. The minimum absolute atomic E-state index is 0.124. The molecule has 0 spiro atoms. The highest BCUT2D eigenvalue weighted by Gasteiger charge is 2.10. The van der Waals surface area contributed by atoms with E-state index in [1.807, 2.05) is 6.07 Å². The fourth-order valence-electron chi connectivity index (χ4n) is 1.31. The lowest BCUT2D eigenvalue weighted by Crippen LogP contribution is -2.04. The number of benzene rings is 1. The van der Waals surface area contributed by atoms with Gasteiger partial charge in [-0.05, 0) is 12.1 Å². The predicted octanol–water partition coefficient (Wildman–Crippen LogP) is 1.99. The van der Waals surface area contributed by atoms with Gasteiger partial charge in [0, 0.05) is 10.6 Å². The van der Waals surface area contributed by atoms with Gasteiger partial charge in [0.05, 0.1) is 6.54 Å². The van der Waals surface area contributed by atoms with Gasteiger partial charge in [0.1, 0.15) is 18.2 Å². The standard InChI is InChI=1S/C10H6ClFN4/c11-8-2-1-3-9(12)7(8)5-16-6-14-15-10(16)4-13/h1-3,6H,5H2. The first-order chi connectivity index (χ1) is 7.72. The maximum absolute atomic E-state index is 13.5. The predicted molar refractivity (Wildman–Crippen MR) is 55.2 cm³/mol. The highest BCUT2D eigenvalue weighted by atomic mass is 35.5. The van der Waals surface area contributed by atoms with E-state index in [9.17, 15) is 4.39 Å². The Balaban J connectivity index is 2.38. The molecule has 0 saturated heterocycles. The fourth-order valence-corrected chi connectivity index (χ4v) is 1.53. The Labute approximate surface area is 95.9 Å². The Kier molecular flexibility index (Phi) is 2.84. The first kappa shape index (κ1) is 10.6. The molecule has 16 heavy (non-hydrogen) atoms. The molecule has 1 aromatic heterocycles. The summed E-state index contributed by atoms with van der Waals surface area (Å²) in [6.45, 7) is 0.140. The summed E-state index contributed by atoms with van der Waals surface area (Å²) in [5, 5.41) is 16.2. The van der Waals surface area contributed by atoms with Gasteiger partial charge in [0.25, 0.3) is 0 Å². The molecule has 0 atom stereocenters. The molecule has 0 N–H and O–H groups in total. The molecule has 0 aliphatic heterocycles. The van der Waals surface area contributed by atoms with Crippen LogP contribution in [0.25, 0.3) is 0 Å². The topological polar surface area (TPSA) is 54.5 Å². The molecule has 4 nitrogen and oxygen atoms in total. The highest BCUT2D eigenvalue weighted by Crippen LogP contribution is 2.20. The molecule has 6 heteroatoms. The molecule has 0 bridgehead atoms. The lowest BCUT2D eigenvalue weighted by molar-refractivity contribution is 0.598. The van der Waals surface area contributed by atoms with E-state index in [4.69, 9.17) is 16.9 Å². The van der Waals surface area contributed by atoms with Crippen LogP contribution in [-0.2, 0) is 6.54 Å². The molecule has 0 fully saturated rings. The molecular weight excluding hydrogens is 231 g/mol. The summed E-state index contributed by atoms with van der Waals surface area (Å²) in [7, 11) is 0. The number of rotatable bonds is 2. The lowest BCUT2D eigenvalue weighted by atomic mass is 10.2. The number of nitriles is 1. The van der Waals surface area contributed by atoms with E-state index in [-0.39, 0.29) is 12.4 Å². The van der Waals surface area contributed by atoms with Crippen molar-refractivity contribution in [3.63, 3.8) is 0 Å². The average molecular weight is 237 g/mol. The molecular formula is C10H6ClFN4. The third-order valence-corrected chi connectivity index (χ3v) is 2.46. The Hall–Kier alpha value is -1.93. The van der Waals surface area contributed by atoms with Crippen molar-refractivity contribution in [3.8, 4) is 6.07 Å². The van der Waals surface area contributed by atoms with Crippen LogP contribution < -0.4 is 0 Å². The van der Waals surface area contributed by atoms with E-state index in [1.54, 1.807) is 6.07 Å². The van der Waals surface area contributed by atoms with E-state index in [0.717, 1.165) is 0 Å². The van der Waals surface area contributed by atoms with Crippen molar-refractivity contribution >= 4 is 11.6 Å². The summed E-state index contributed by atoms with van der Waals surface area (Å²) < 4.78 is 14.9. The van der Waals surface area contributed by atoms with Crippen molar-refractivity contribution in [3.05, 3.63) is 46.8 Å². The van der Waals surface area contributed by atoms with Crippen LogP contribution in [0.5, 0.6) is 0 Å². The van der Waals surface area contributed by atoms with Gasteiger partial charge in [0.2, 0.25) is 5.82 Å². The summed E-state index contributed by atoms with van der Waals surface area (Å²) in [4.78, 5) is 0. The molecule has 0 radical (unpaired) electrons. The van der Waals surface area contributed by atoms with Crippen LogP contribution in [0.4, 0.5) is 4.39 Å². The molecule has 0 saturated carbocycles. The maximum atomic E-state index is 13.5. The second-order valence-electron chi connectivity index (χ2n) is 3.09. The first-order valence-electron chi connectivity index (χ1n) is 4.43. The zero-order valence-electron chi connectivity index (χ0n) is 8.06. The van der Waals surface area contributed by atoms with E-state index in [2.05, 4.69) is 10.2 Å². The minimum Gasteiger partial charge on any atom is -0.301 e. The minimum atomic E-state index is -0.412. The van der Waals surface area contributed by atoms with Crippen LogP contribution in [0.2, 0.25) is 5.02 Å². The Morgan fingerprint density at radius 1 is 1.50 bits per heavy atom. The van der Waals surface area contributed by atoms with Gasteiger partial charge in [-0.3, -0.25) is 0 Å². The van der Waals surface area contributed by atoms with Gasteiger partial charge >= 0.3 is 0 Å². The van der Waals surface area contributed by atoms with Crippen molar-refractivity contribution in [2.24, 2.45) is 0 Å². The number of hydrogen-bond acceptors (Lipinski definition) is 3. The Bertz CT molecular complexity index is 538. The summed E-state index contributed by atoms with van der Waals surface area (Å²) in [5.74, 6) is -0.288. The van der Waals surface area contributed by atoms with E-state index >= 15 is 0 Å². The third kappa shape index (κ3) is 1.88. The molecule has 0 aliphatic rings. The van der Waals surface area contributed by atoms with Crippen LogP contribution in [0.15, 0.2) is 24.5 Å². The molecule has 1 heterocycles. The molecule has 2 rings (SSSR count). The maximum Gasteiger partial charge on any atom is 0.235 e. The molecule has 0 amide bonds. The number of halogens is 2. The van der Waals surface area contributed by atoms with Crippen molar-refractivity contribution in [1.82, 2.24) is 14.8 Å². The van der Waals surface area contributed by atoms with Crippen molar-refractivity contribution in [2.45, 2.75) is 6.54 Å². The van der Waals surface area contributed by atoms with Crippen molar-refractivity contribution in [2.75, 3.05) is 0 Å². The monoisotopic (exact) mass is 236 g/mol. The van der Waals surface area contributed by atoms with Crippen LogP contribution >= 0.6 is 11.6 Å². The largest absolute Gasteiger partial charge is 0.301 e. The summed E-state index contributed by atoms with van der Waals surface area (Å²) >= 11 is 5.86. The Morgan fingerprint density at radius 3 is 3.00 bits per heavy atom. The van der Waals surface area contributed by atoms with Gasteiger partial charge in [-0.15, -0.1) is 10.2 Å². The van der Waals surface area contributed by atoms with Crippen LogP contribution in [0, 0.1) is 17.1 Å². The molecule has 2 aromatic rings. The van der Waals surface area contributed by atoms with Crippen LogP contribution in [-0.4, -0.2) is 14.8 Å². The zero-order chi connectivity index (χ0) is 11.5. The first-order valence-corrected chi connectivity index (χ1v) is 4.81. The highest BCUT2D eigenvalue weighted by molar-refractivity contribution is 6.31. The number of aromatic nitrogens is 3. The van der Waals surface area contributed by atoms with Crippen LogP contribution in [0.1, 0.15) is 11.4 Å². The summed E-state index contributed by atoms with van der Waals surface area (Å²) in [5.41, 5.74) is 0.320. The van der Waals surface area contributed by atoms with Crippen molar-refractivity contribution in [1.29, 1.82) is 5.26 Å². The van der Waals surface area contributed by atoms with Crippen molar-refractivity contribution < 1.29 is 4.39 Å². The fraction of sp³-hybridized carbons (Fsp3) is 0.100. The van der Waals surface area contributed by atoms with E-state index in [1.165, 1.54) is 23.0 Å². The lowest BCUT2D eigenvalue weighted by Gasteiger charge is -2.06. The van der Waals surface area contributed by atoms with Gasteiger partial charge < -0.3 is 4.57 Å². The molecule has 0 unspecified atom stereocenters. The van der Waals surface area contributed by atoms with Gasteiger partial charge in [-0.2, -0.15) is 5.26 Å². The van der Waals surface area contributed by atoms with Gasteiger partial charge in [0.15, 0.2) is 0 Å². The second-order valence-corrected chi connectivity index (χ2v) is 3.50. The molecule has 0 aliphatic carbocycles. The van der Waals surface area contributed by atoms with E-state index in [0.29, 0.717) is 10.6 Å². The number of hydrogen-bond donors (Lipinski definition) is 0. The molecule has 80 valence electrons. The third-order valence-electron chi connectivity index (χ3n) is 2.11. The quantitative estimate of drug-likeness (QED) is 0.801. The normalized spacial score (nSPS) is 10.1. The van der Waals surface area contributed by atoms with Gasteiger partial charge in [-0.1, -0.05) is 17.7 Å². The Morgan fingerprint density at radius 2 is 2.31 bits per heavy atom. The number of nitrogens with zero attached hydrogens (tertiary/aromatic N) is 4. The molecule has 1 aromatic carbocycles. The summed E-state index contributed by atoms with van der Waals surface area (Å²) in [6.07, 6.45) is 1.36. The SMILES string of the molecule is N#Cc1nncn1Cc1c(F)cccc1Cl. The zero-order valence-corrected chi connectivity index (χ0v) is 8.82. The van der Waals surface area contributed by atoms with Crippen LogP contribution in [0.3, 0.4) is 0 Å². The second kappa shape index (κ2) is 4.29. The average Bonchev–Trinajstić information content (AvgIpc) is 2.71. The van der Waals surface area contributed by atoms with E-state index < -0.39 is 5.82 Å². The summed E-state index contributed by atoms with van der Waals surface area (Å²) in [6, 6.07) is 6.30.